The quantitative estimate of drug-likeness (QED) is 0.297. The summed E-state index contributed by atoms with van der Waals surface area (Å²) in [5.41, 5.74) is 1.46. The van der Waals surface area contributed by atoms with Crippen LogP contribution in [0.3, 0.4) is 0 Å². The Bertz CT molecular complexity index is 1510. The Morgan fingerprint density at radius 3 is 2.62 bits per heavy atom. The molecule has 8 nitrogen and oxygen atoms in total. The molecule has 2 heterocycles. The molecule has 0 radical (unpaired) electrons. The highest BCUT2D eigenvalue weighted by Crippen LogP contribution is 2.32. The molecular formula is C26H29F4N5O3S. The lowest BCUT2D eigenvalue weighted by Gasteiger charge is -2.33. The third kappa shape index (κ3) is 6.95. The lowest BCUT2D eigenvalue weighted by molar-refractivity contribution is -0.140. The van der Waals surface area contributed by atoms with Gasteiger partial charge in [0.1, 0.15) is 18.5 Å². The van der Waals surface area contributed by atoms with Gasteiger partial charge in [-0.2, -0.15) is 13.2 Å². The molecule has 0 spiro atoms. The monoisotopic (exact) mass is 567 g/mol. The molecule has 2 atom stereocenters. The minimum atomic E-state index is -4.49. The molecular weight excluding hydrogens is 538 g/mol. The van der Waals surface area contributed by atoms with E-state index in [2.05, 4.69) is 22.5 Å². The number of ether oxygens (including phenoxy) is 1. The van der Waals surface area contributed by atoms with E-state index in [0.717, 1.165) is 4.57 Å². The molecule has 2 aromatic carbocycles. The summed E-state index contributed by atoms with van der Waals surface area (Å²) in [6, 6.07) is 10.1. The predicted molar refractivity (Wildman–Crippen MR) is 142 cm³/mol. The van der Waals surface area contributed by atoms with E-state index in [-0.39, 0.29) is 29.4 Å². The first kappa shape index (κ1) is 28.5. The molecule has 1 saturated heterocycles. The maximum atomic E-state index is 14.6. The van der Waals surface area contributed by atoms with E-state index < -0.39 is 35.0 Å². The number of primary sulfonamides is 1. The number of nitrogens with one attached hydrogen (secondary N) is 2. The van der Waals surface area contributed by atoms with Gasteiger partial charge in [-0.3, -0.25) is 0 Å². The van der Waals surface area contributed by atoms with Crippen LogP contribution in [-0.2, 0) is 16.6 Å². The lowest BCUT2D eigenvalue weighted by Crippen LogP contribution is -2.46. The van der Waals surface area contributed by atoms with Crippen LogP contribution in [0.4, 0.5) is 28.9 Å². The Hall–Kier alpha value is -3.47. The molecule has 13 heteroatoms. The second-order valence-electron chi connectivity index (χ2n) is 9.35. The van der Waals surface area contributed by atoms with Crippen LogP contribution in [0.5, 0.6) is 5.75 Å². The van der Waals surface area contributed by atoms with Crippen molar-refractivity contribution >= 4 is 32.3 Å². The van der Waals surface area contributed by atoms with Crippen LogP contribution in [0.1, 0.15) is 12.1 Å². The van der Waals surface area contributed by atoms with Gasteiger partial charge in [-0.1, -0.05) is 12.0 Å². The second-order valence-corrected chi connectivity index (χ2v) is 10.9. The minimum Gasteiger partial charge on any atom is -0.495 e. The molecule has 1 aromatic heterocycles. The lowest BCUT2D eigenvalue weighted by atomic mass is 10.0. The van der Waals surface area contributed by atoms with Crippen molar-refractivity contribution < 1.29 is 30.7 Å². The minimum absolute atomic E-state index is 0.0306. The molecule has 1 aliphatic heterocycles. The van der Waals surface area contributed by atoms with Gasteiger partial charge in [-0.15, -0.1) is 0 Å². The number of hydrogen-bond donors (Lipinski definition) is 3. The van der Waals surface area contributed by atoms with Crippen molar-refractivity contribution in [2.45, 2.75) is 36.3 Å². The zero-order valence-electron chi connectivity index (χ0n) is 21.3. The van der Waals surface area contributed by atoms with Crippen molar-refractivity contribution in [2.24, 2.45) is 5.14 Å². The Labute approximate surface area is 224 Å². The number of likely N-dealkylation sites (tertiary alicyclic amines) is 1. The summed E-state index contributed by atoms with van der Waals surface area (Å²) >= 11 is 0. The number of nitrogens with zero attached hydrogens (tertiary/aromatic N) is 2. The van der Waals surface area contributed by atoms with Crippen LogP contribution in [0, 0.1) is 11.8 Å². The van der Waals surface area contributed by atoms with Crippen LogP contribution in [0.25, 0.3) is 10.9 Å². The Kier molecular flexibility index (Phi) is 8.29. The molecule has 4 N–H and O–H groups in total. The zero-order chi connectivity index (χ0) is 28.4. The number of hydrogen-bond acceptors (Lipinski definition) is 6. The average Bonchev–Trinajstić information content (AvgIpc) is 3.19. The van der Waals surface area contributed by atoms with E-state index >= 15 is 0 Å². The Balaban J connectivity index is 1.61. The van der Waals surface area contributed by atoms with Gasteiger partial charge in [0.05, 0.1) is 41.5 Å². The maximum Gasteiger partial charge on any atom is 0.406 e. The number of fused-ring (bicyclic) bond motifs is 1. The summed E-state index contributed by atoms with van der Waals surface area (Å²) in [5.74, 6) is 5.83. The summed E-state index contributed by atoms with van der Waals surface area (Å²) in [5, 5.41) is 11.8. The van der Waals surface area contributed by atoms with Crippen LogP contribution in [0.15, 0.2) is 47.4 Å². The molecule has 210 valence electrons. The summed E-state index contributed by atoms with van der Waals surface area (Å²) in [6.07, 6.45) is -5.03. The van der Waals surface area contributed by atoms with Crippen LogP contribution in [-0.4, -0.2) is 70.1 Å². The average molecular weight is 568 g/mol. The third-order valence-electron chi connectivity index (χ3n) is 6.45. The first-order chi connectivity index (χ1) is 18.4. The van der Waals surface area contributed by atoms with Gasteiger partial charge >= 0.3 is 6.18 Å². The smallest absolute Gasteiger partial charge is 0.406 e. The fraction of sp³-hybridized carbons (Fsp3) is 0.385. The first-order valence-corrected chi connectivity index (χ1v) is 13.6. The van der Waals surface area contributed by atoms with Crippen molar-refractivity contribution in [2.75, 3.05) is 44.4 Å². The molecule has 1 fully saturated rings. The van der Waals surface area contributed by atoms with Crippen molar-refractivity contribution in [1.29, 1.82) is 0 Å². The van der Waals surface area contributed by atoms with Gasteiger partial charge in [0.2, 0.25) is 10.0 Å². The largest absolute Gasteiger partial charge is 0.495 e. The van der Waals surface area contributed by atoms with Crippen LogP contribution < -0.4 is 20.5 Å². The number of nitrogens with two attached hydrogens (primary N) is 1. The van der Waals surface area contributed by atoms with Crippen LogP contribution >= 0.6 is 0 Å². The Morgan fingerprint density at radius 1 is 1.18 bits per heavy atom. The molecule has 1 aliphatic rings. The van der Waals surface area contributed by atoms with Gasteiger partial charge in [-0.25, -0.2) is 17.9 Å². The number of anilines is 2. The summed E-state index contributed by atoms with van der Waals surface area (Å²) < 4.78 is 84.5. The van der Waals surface area contributed by atoms with E-state index in [4.69, 9.17) is 9.88 Å². The van der Waals surface area contributed by atoms with Gasteiger partial charge in [0.25, 0.3) is 0 Å². The Morgan fingerprint density at radius 2 is 1.95 bits per heavy atom. The SMILES string of the molecule is COc1cc(S(N)(=O)=O)ccc1NCC#Cc1cc2c(NC3CCN(C)CC3F)cccc2n1CC(F)(F)F. The highest BCUT2D eigenvalue weighted by atomic mass is 32.2. The van der Waals surface area contributed by atoms with Crippen LogP contribution in [0.2, 0.25) is 0 Å². The van der Waals surface area contributed by atoms with Crippen molar-refractivity contribution in [3.8, 4) is 17.6 Å². The number of sulfonamides is 1. The van der Waals surface area contributed by atoms with Crippen molar-refractivity contribution in [3.05, 3.63) is 48.2 Å². The third-order valence-corrected chi connectivity index (χ3v) is 7.36. The van der Waals surface area contributed by atoms with E-state index in [1.54, 1.807) is 24.3 Å². The normalized spacial score (nSPS) is 18.4. The first-order valence-electron chi connectivity index (χ1n) is 12.1. The standard InChI is InChI=1S/C26H29F4N5O3S/c1-34-12-10-22(20(27)15-34)33-21-6-3-7-24-19(21)13-17(35(24)16-26(28,29)30)5-4-11-32-23-9-8-18(39(31,36)37)14-25(23)38-2/h3,6-9,13-14,20,22,32-33H,10-12,15-16H2,1-2H3,(H2,31,36,37). The second kappa shape index (κ2) is 11.3. The van der Waals surface area contributed by atoms with E-state index in [9.17, 15) is 26.0 Å². The zero-order valence-corrected chi connectivity index (χ0v) is 22.2. The number of methoxy groups -OCH3 is 1. The number of alkyl halides is 4. The maximum absolute atomic E-state index is 14.6. The molecule has 3 aromatic rings. The number of aromatic nitrogens is 1. The molecule has 0 amide bonds. The van der Waals surface area contributed by atoms with E-state index in [1.165, 1.54) is 25.3 Å². The summed E-state index contributed by atoms with van der Waals surface area (Å²) in [6.45, 7) is -0.215. The highest BCUT2D eigenvalue weighted by molar-refractivity contribution is 7.89. The molecule has 0 saturated carbocycles. The van der Waals surface area contributed by atoms with Gasteiger partial charge in [0.15, 0.2) is 0 Å². The number of benzene rings is 2. The highest BCUT2D eigenvalue weighted by Gasteiger charge is 2.31. The van der Waals surface area contributed by atoms with Crippen molar-refractivity contribution in [1.82, 2.24) is 9.47 Å². The summed E-state index contributed by atoms with van der Waals surface area (Å²) in [4.78, 5) is 1.77. The molecule has 0 bridgehead atoms. The predicted octanol–water partition coefficient (Wildman–Crippen LogP) is 3.78. The van der Waals surface area contributed by atoms with E-state index in [1.807, 2.05) is 11.9 Å². The number of halogens is 4. The van der Waals surface area contributed by atoms with Crippen molar-refractivity contribution in [3.63, 3.8) is 0 Å². The summed E-state index contributed by atoms with van der Waals surface area (Å²) in [7, 11) is -0.721. The molecule has 4 rings (SSSR count). The number of piperidine rings is 1. The number of rotatable bonds is 7. The molecule has 39 heavy (non-hydrogen) atoms. The van der Waals surface area contributed by atoms with E-state index in [0.29, 0.717) is 35.2 Å². The van der Waals surface area contributed by atoms with Gasteiger partial charge < -0.3 is 24.8 Å². The molecule has 0 aliphatic carbocycles. The topological polar surface area (TPSA) is 102 Å². The van der Waals surface area contributed by atoms with Gasteiger partial charge in [0, 0.05) is 30.2 Å². The molecule has 2 unspecified atom stereocenters. The fourth-order valence-electron chi connectivity index (χ4n) is 4.55. The fourth-order valence-corrected chi connectivity index (χ4v) is 5.08. The van der Waals surface area contributed by atoms with Gasteiger partial charge in [-0.05, 0) is 49.7 Å².